The van der Waals surface area contributed by atoms with E-state index in [1.54, 1.807) is 0 Å². The van der Waals surface area contributed by atoms with Crippen molar-refractivity contribution in [2.24, 2.45) is 4.99 Å². The first-order chi connectivity index (χ1) is 11.2. The Bertz CT molecular complexity index is 608. The maximum Gasteiger partial charge on any atom is 0.193 e. The molecule has 0 unspecified atom stereocenters. The first kappa shape index (κ1) is 17.4. The van der Waals surface area contributed by atoms with Crippen molar-refractivity contribution in [1.82, 2.24) is 20.2 Å². The van der Waals surface area contributed by atoms with Crippen molar-refractivity contribution in [3.63, 3.8) is 0 Å². The minimum absolute atomic E-state index is 0.690. The molecule has 124 valence electrons. The fourth-order valence-electron chi connectivity index (χ4n) is 2.31. The van der Waals surface area contributed by atoms with Crippen LogP contribution in [0.4, 0.5) is 0 Å². The van der Waals surface area contributed by atoms with E-state index in [4.69, 9.17) is 0 Å². The topological polar surface area (TPSA) is 56.3 Å². The zero-order chi connectivity index (χ0) is 16.5. The molecule has 0 amide bonds. The van der Waals surface area contributed by atoms with Crippen LogP contribution >= 0.6 is 11.8 Å². The molecule has 0 radical (unpaired) electrons. The number of guanidine groups is 1. The van der Waals surface area contributed by atoms with Crippen LogP contribution in [0.15, 0.2) is 41.5 Å². The van der Waals surface area contributed by atoms with E-state index >= 15 is 0 Å². The summed E-state index contributed by atoms with van der Waals surface area (Å²) in [7, 11) is 3.83. The summed E-state index contributed by atoms with van der Waals surface area (Å²) in [4.78, 5) is 14.3. The SMILES string of the molecule is CN=C(NCCCSC)N(C)Cc1ncc(-c2ccccc2)[nH]1. The van der Waals surface area contributed by atoms with E-state index in [0.717, 1.165) is 41.8 Å². The lowest BCUT2D eigenvalue weighted by molar-refractivity contribution is 0.464. The number of thioether (sulfide) groups is 1. The lowest BCUT2D eigenvalue weighted by atomic mass is 10.2. The molecule has 0 aliphatic carbocycles. The van der Waals surface area contributed by atoms with Crippen LogP contribution in [0.3, 0.4) is 0 Å². The van der Waals surface area contributed by atoms with Crippen molar-refractivity contribution in [2.75, 3.05) is 32.6 Å². The average molecular weight is 331 g/mol. The third-order valence-electron chi connectivity index (χ3n) is 3.48. The molecule has 2 aromatic rings. The summed E-state index contributed by atoms with van der Waals surface area (Å²) in [5.41, 5.74) is 2.19. The molecule has 1 aromatic heterocycles. The van der Waals surface area contributed by atoms with Crippen molar-refractivity contribution in [2.45, 2.75) is 13.0 Å². The second kappa shape index (κ2) is 9.25. The molecular formula is C17H25N5S. The molecule has 2 rings (SSSR count). The standard InChI is InChI=1S/C17H25N5S/c1-18-17(19-10-7-11-23-3)22(2)13-16-20-12-15(21-16)14-8-5-4-6-9-14/h4-6,8-9,12H,7,10-11,13H2,1-3H3,(H,18,19)(H,20,21). The molecule has 0 saturated heterocycles. The third-order valence-corrected chi connectivity index (χ3v) is 4.18. The van der Waals surface area contributed by atoms with Gasteiger partial charge in [-0.2, -0.15) is 11.8 Å². The van der Waals surface area contributed by atoms with E-state index in [-0.39, 0.29) is 0 Å². The van der Waals surface area contributed by atoms with E-state index in [9.17, 15) is 0 Å². The van der Waals surface area contributed by atoms with Gasteiger partial charge >= 0.3 is 0 Å². The Morgan fingerprint density at radius 1 is 1.35 bits per heavy atom. The van der Waals surface area contributed by atoms with Gasteiger partial charge in [0.1, 0.15) is 5.82 Å². The van der Waals surface area contributed by atoms with Gasteiger partial charge < -0.3 is 15.2 Å². The largest absolute Gasteiger partial charge is 0.356 e. The predicted octanol–water partition coefficient (Wildman–Crippen LogP) is 2.84. The molecule has 0 bridgehead atoms. The minimum atomic E-state index is 0.690. The maximum atomic E-state index is 4.48. The highest BCUT2D eigenvalue weighted by atomic mass is 32.2. The molecule has 1 aromatic carbocycles. The van der Waals surface area contributed by atoms with E-state index in [0.29, 0.717) is 6.54 Å². The van der Waals surface area contributed by atoms with Crippen molar-refractivity contribution in [3.05, 3.63) is 42.4 Å². The van der Waals surface area contributed by atoms with E-state index < -0.39 is 0 Å². The Labute approximate surface area is 142 Å². The summed E-state index contributed by atoms with van der Waals surface area (Å²) in [6, 6.07) is 10.2. The number of H-pyrrole nitrogens is 1. The number of aromatic nitrogens is 2. The van der Waals surface area contributed by atoms with E-state index in [1.165, 1.54) is 0 Å². The van der Waals surface area contributed by atoms with Gasteiger partial charge in [0, 0.05) is 20.6 Å². The number of hydrogen-bond donors (Lipinski definition) is 2. The van der Waals surface area contributed by atoms with Crippen molar-refractivity contribution in [3.8, 4) is 11.3 Å². The van der Waals surface area contributed by atoms with Gasteiger partial charge in [-0.1, -0.05) is 30.3 Å². The van der Waals surface area contributed by atoms with Crippen LogP contribution in [0, 0.1) is 0 Å². The van der Waals surface area contributed by atoms with E-state index in [2.05, 4.69) is 43.6 Å². The highest BCUT2D eigenvalue weighted by molar-refractivity contribution is 7.98. The third kappa shape index (κ3) is 5.32. The molecule has 5 nitrogen and oxygen atoms in total. The summed E-state index contributed by atoms with van der Waals surface area (Å²) in [5.74, 6) is 2.98. The fourth-order valence-corrected chi connectivity index (χ4v) is 2.74. The summed E-state index contributed by atoms with van der Waals surface area (Å²) in [6.45, 7) is 1.63. The molecule has 0 aliphatic heterocycles. The molecule has 0 spiro atoms. The molecule has 0 atom stereocenters. The molecule has 23 heavy (non-hydrogen) atoms. The van der Waals surface area contributed by atoms with Crippen LogP contribution in [-0.2, 0) is 6.54 Å². The number of rotatable bonds is 7. The molecule has 0 saturated carbocycles. The molecule has 6 heteroatoms. The maximum absolute atomic E-state index is 4.48. The van der Waals surface area contributed by atoms with E-state index in [1.807, 2.05) is 50.3 Å². The minimum Gasteiger partial charge on any atom is -0.356 e. The van der Waals surface area contributed by atoms with Gasteiger partial charge in [-0.25, -0.2) is 4.98 Å². The quantitative estimate of drug-likeness (QED) is 0.465. The zero-order valence-electron chi connectivity index (χ0n) is 14.0. The van der Waals surface area contributed by atoms with Gasteiger partial charge in [0.25, 0.3) is 0 Å². The summed E-state index contributed by atoms with van der Waals surface area (Å²) in [6.07, 6.45) is 5.14. The monoisotopic (exact) mass is 331 g/mol. The number of aromatic amines is 1. The highest BCUT2D eigenvalue weighted by Gasteiger charge is 2.09. The van der Waals surface area contributed by atoms with Crippen molar-refractivity contribution >= 4 is 17.7 Å². The molecule has 0 aliphatic rings. The second-order valence-corrected chi connectivity index (χ2v) is 6.27. The number of imidazole rings is 1. The van der Waals surface area contributed by atoms with Crippen molar-refractivity contribution < 1.29 is 0 Å². The number of aliphatic imine (C=N–C) groups is 1. The van der Waals surface area contributed by atoms with Gasteiger partial charge in [0.05, 0.1) is 18.4 Å². The first-order valence-corrected chi connectivity index (χ1v) is 9.14. The number of hydrogen-bond acceptors (Lipinski definition) is 3. The molecular weight excluding hydrogens is 306 g/mol. The van der Waals surface area contributed by atoms with Gasteiger partial charge in [-0.15, -0.1) is 0 Å². The Morgan fingerprint density at radius 3 is 2.83 bits per heavy atom. The van der Waals surface area contributed by atoms with Crippen LogP contribution in [-0.4, -0.2) is 53.5 Å². The predicted molar refractivity (Wildman–Crippen MR) is 99.9 cm³/mol. The Morgan fingerprint density at radius 2 is 2.13 bits per heavy atom. The highest BCUT2D eigenvalue weighted by Crippen LogP contribution is 2.16. The Kier molecular flexibility index (Phi) is 7.00. The van der Waals surface area contributed by atoms with Gasteiger partial charge in [-0.3, -0.25) is 4.99 Å². The van der Waals surface area contributed by atoms with Crippen LogP contribution in [0.5, 0.6) is 0 Å². The molecule has 0 fully saturated rings. The van der Waals surface area contributed by atoms with Gasteiger partial charge in [0.15, 0.2) is 5.96 Å². The summed E-state index contributed by atoms with van der Waals surface area (Å²) < 4.78 is 0. The molecule has 2 N–H and O–H groups in total. The number of nitrogens with zero attached hydrogens (tertiary/aromatic N) is 3. The second-order valence-electron chi connectivity index (χ2n) is 5.29. The Balaban J connectivity index is 1.92. The van der Waals surface area contributed by atoms with Crippen LogP contribution in [0.1, 0.15) is 12.2 Å². The van der Waals surface area contributed by atoms with Crippen LogP contribution in [0.25, 0.3) is 11.3 Å². The number of nitrogens with one attached hydrogen (secondary N) is 2. The van der Waals surface area contributed by atoms with Crippen LogP contribution < -0.4 is 5.32 Å². The molecule has 1 heterocycles. The van der Waals surface area contributed by atoms with Crippen LogP contribution in [0.2, 0.25) is 0 Å². The summed E-state index contributed by atoms with van der Waals surface area (Å²) in [5, 5.41) is 3.38. The smallest absolute Gasteiger partial charge is 0.193 e. The van der Waals surface area contributed by atoms with Gasteiger partial charge in [-0.05, 0) is 24.0 Å². The Hall–Kier alpha value is -1.95. The lowest BCUT2D eigenvalue weighted by Gasteiger charge is -2.21. The average Bonchev–Trinajstić information content (AvgIpc) is 3.04. The number of benzene rings is 1. The fraction of sp³-hybridized carbons (Fsp3) is 0.412. The van der Waals surface area contributed by atoms with Gasteiger partial charge in [0.2, 0.25) is 0 Å². The lowest BCUT2D eigenvalue weighted by Crippen LogP contribution is -2.39. The zero-order valence-corrected chi connectivity index (χ0v) is 14.9. The normalized spacial score (nSPS) is 11.5. The van der Waals surface area contributed by atoms with Crippen molar-refractivity contribution in [1.29, 1.82) is 0 Å². The summed E-state index contributed by atoms with van der Waals surface area (Å²) >= 11 is 1.86. The first-order valence-electron chi connectivity index (χ1n) is 7.74.